The van der Waals surface area contributed by atoms with Crippen LogP contribution in [0.5, 0.6) is 0 Å². The van der Waals surface area contributed by atoms with E-state index in [1.165, 1.54) is 0 Å². The number of hydrogen-bond donors (Lipinski definition) is 3. The van der Waals surface area contributed by atoms with Crippen molar-refractivity contribution in [2.24, 2.45) is 23.0 Å². The minimum absolute atomic E-state index is 0.0474. The van der Waals surface area contributed by atoms with Gasteiger partial charge in [0.1, 0.15) is 0 Å². The van der Waals surface area contributed by atoms with E-state index in [9.17, 15) is 14.7 Å². The number of nitrogens with zero attached hydrogens (tertiary/aromatic N) is 1. The molecule has 0 radical (unpaired) electrons. The Labute approximate surface area is 217 Å². The van der Waals surface area contributed by atoms with Gasteiger partial charge in [-0.25, -0.2) is 0 Å². The van der Waals surface area contributed by atoms with Crippen LogP contribution in [-0.2, 0) is 20.7 Å². The molecule has 1 aromatic carbocycles. The average Bonchev–Trinajstić information content (AvgIpc) is 2.83. The van der Waals surface area contributed by atoms with Crippen LogP contribution >= 0.6 is 0 Å². The van der Waals surface area contributed by atoms with Crippen LogP contribution in [0, 0.1) is 17.3 Å². The van der Waals surface area contributed by atoms with Gasteiger partial charge in [0.2, 0.25) is 11.8 Å². The van der Waals surface area contributed by atoms with Crippen molar-refractivity contribution < 1.29 is 19.4 Å². The summed E-state index contributed by atoms with van der Waals surface area (Å²) < 4.78 is 5.69. The molecular formula is C29H47N3O4. The lowest BCUT2D eigenvalue weighted by atomic mass is 9.79. The van der Waals surface area contributed by atoms with E-state index in [2.05, 4.69) is 24.9 Å². The number of unbranched alkanes of at least 4 members (excludes halogenated alkanes) is 1. The number of carbonyl (C=O) groups is 2. The maximum Gasteiger partial charge on any atom is 0.227 e. The fourth-order valence-electron chi connectivity index (χ4n) is 4.90. The van der Waals surface area contributed by atoms with Crippen LogP contribution in [0.15, 0.2) is 36.9 Å². The topological polar surface area (TPSA) is 105 Å². The quantitative estimate of drug-likeness (QED) is 0.250. The number of rotatable bonds is 15. The third-order valence-corrected chi connectivity index (χ3v) is 6.91. The summed E-state index contributed by atoms with van der Waals surface area (Å²) >= 11 is 0. The molecule has 0 saturated carbocycles. The number of anilines is 1. The predicted octanol–water partition coefficient (Wildman–Crippen LogP) is 3.83. The summed E-state index contributed by atoms with van der Waals surface area (Å²) in [5.41, 5.74) is 8.07. The number of carbonyl (C=O) groups excluding carboxylic acids is 2. The van der Waals surface area contributed by atoms with Gasteiger partial charge in [-0.15, -0.1) is 6.58 Å². The Morgan fingerprint density at radius 3 is 2.78 bits per heavy atom. The van der Waals surface area contributed by atoms with E-state index in [4.69, 9.17) is 10.5 Å². The lowest BCUT2D eigenvalue weighted by Gasteiger charge is -2.37. The number of fused-ring (bicyclic) bond motifs is 1. The van der Waals surface area contributed by atoms with Crippen molar-refractivity contribution in [3.8, 4) is 0 Å². The highest BCUT2D eigenvalue weighted by atomic mass is 16.5. The minimum Gasteiger partial charge on any atom is -0.391 e. The molecule has 1 aliphatic rings. The first-order valence-electron chi connectivity index (χ1n) is 13.4. The first-order chi connectivity index (χ1) is 17.1. The number of nitrogens with one attached hydrogen (secondary N) is 1. The van der Waals surface area contributed by atoms with E-state index in [1.807, 2.05) is 43.9 Å². The van der Waals surface area contributed by atoms with E-state index in [0.29, 0.717) is 45.6 Å². The zero-order valence-electron chi connectivity index (χ0n) is 22.7. The second-order valence-corrected chi connectivity index (χ2v) is 11.1. The van der Waals surface area contributed by atoms with Crippen LogP contribution < -0.4 is 16.0 Å². The Balaban J connectivity index is 1.96. The van der Waals surface area contributed by atoms with Crippen molar-refractivity contribution in [1.29, 1.82) is 0 Å². The van der Waals surface area contributed by atoms with Gasteiger partial charge in [-0.1, -0.05) is 58.4 Å². The number of nitrogens with two attached hydrogens (primary N) is 1. The van der Waals surface area contributed by atoms with Crippen LogP contribution in [0.1, 0.15) is 65.4 Å². The first kappa shape index (κ1) is 30.0. The molecule has 0 bridgehead atoms. The summed E-state index contributed by atoms with van der Waals surface area (Å²) in [4.78, 5) is 27.7. The standard InChI is InChI=1S/C29H47N3O4/c1-6-8-13-31-28(35)21(3)15-26(33)24(30)17-29(4,5)18-27(34)32-19-22(20-36-14-7-2)16-23-11-9-10-12-25(23)32/h7,9-12,21-22,24,26,33H,2,6,8,13-20,30H2,1,3-5H3,(H,31,35)/t21-,22-,24+,26+/m1/s1. The fraction of sp³-hybridized carbons (Fsp3) is 0.655. The normalized spacial score (nSPS) is 18.2. The third-order valence-electron chi connectivity index (χ3n) is 6.91. The molecule has 2 rings (SSSR count). The monoisotopic (exact) mass is 501 g/mol. The van der Waals surface area contributed by atoms with E-state index in [1.54, 1.807) is 6.08 Å². The van der Waals surface area contributed by atoms with Crippen molar-refractivity contribution >= 4 is 17.5 Å². The molecule has 4 atom stereocenters. The number of aliphatic hydroxyl groups is 1. The van der Waals surface area contributed by atoms with Crippen LogP contribution in [0.2, 0.25) is 0 Å². The van der Waals surface area contributed by atoms with Gasteiger partial charge in [0.15, 0.2) is 0 Å². The first-order valence-corrected chi connectivity index (χ1v) is 13.4. The second-order valence-electron chi connectivity index (χ2n) is 11.1. The molecule has 36 heavy (non-hydrogen) atoms. The molecule has 1 aromatic rings. The Morgan fingerprint density at radius 2 is 2.08 bits per heavy atom. The number of benzene rings is 1. The maximum atomic E-state index is 13.5. The molecule has 202 valence electrons. The Hall–Kier alpha value is -2.22. The van der Waals surface area contributed by atoms with Crippen molar-refractivity contribution in [1.82, 2.24) is 5.32 Å². The second kappa shape index (κ2) is 14.5. The van der Waals surface area contributed by atoms with Gasteiger partial charge in [-0.2, -0.15) is 0 Å². The van der Waals surface area contributed by atoms with Gasteiger partial charge < -0.3 is 25.8 Å². The number of amides is 2. The highest BCUT2D eigenvalue weighted by Crippen LogP contribution is 2.34. The summed E-state index contributed by atoms with van der Waals surface area (Å²) in [6.07, 6.45) is 4.85. The van der Waals surface area contributed by atoms with Crippen LogP contribution in [-0.4, -0.2) is 55.4 Å². The van der Waals surface area contributed by atoms with Crippen molar-refractivity contribution in [2.45, 2.75) is 78.4 Å². The molecule has 0 saturated heterocycles. The van der Waals surface area contributed by atoms with Crippen LogP contribution in [0.3, 0.4) is 0 Å². The van der Waals surface area contributed by atoms with E-state index >= 15 is 0 Å². The zero-order valence-corrected chi connectivity index (χ0v) is 22.7. The molecule has 0 aromatic heterocycles. The summed E-state index contributed by atoms with van der Waals surface area (Å²) in [6, 6.07) is 7.52. The number of ether oxygens (including phenoxy) is 1. The average molecular weight is 502 g/mol. The number of hydrogen-bond acceptors (Lipinski definition) is 5. The Bertz CT molecular complexity index is 857. The molecular weight excluding hydrogens is 454 g/mol. The molecule has 0 spiro atoms. The molecule has 7 heteroatoms. The summed E-state index contributed by atoms with van der Waals surface area (Å²) in [5, 5.41) is 13.6. The van der Waals surface area contributed by atoms with Crippen LogP contribution in [0.25, 0.3) is 0 Å². The summed E-state index contributed by atoms with van der Waals surface area (Å²) in [5.74, 6) is -0.107. The van der Waals surface area contributed by atoms with E-state index < -0.39 is 17.6 Å². The number of para-hydroxylation sites is 1. The SMILES string of the molecule is C=CCOC[C@@H]1Cc2ccccc2N(C(=O)CC(C)(C)C[C@H](N)[C@@H](O)C[C@@H](C)C(=O)NCCCC)C1. The van der Waals surface area contributed by atoms with Gasteiger partial charge in [-0.3, -0.25) is 9.59 Å². The molecule has 0 aliphatic carbocycles. The van der Waals surface area contributed by atoms with Crippen molar-refractivity contribution in [3.05, 3.63) is 42.5 Å². The van der Waals surface area contributed by atoms with Gasteiger partial charge in [-0.05, 0) is 42.7 Å². The molecule has 0 unspecified atom stereocenters. The Kier molecular flexibility index (Phi) is 12.1. The summed E-state index contributed by atoms with van der Waals surface area (Å²) in [6.45, 7) is 14.0. The molecule has 1 heterocycles. The smallest absolute Gasteiger partial charge is 0.227 e. The highest BCUT2D eigenvalue weighted by Gasteiger charge is 2.34. The number of aliphatic hydroxyl groups excluding tert-OH is 1. The van der Waals surface area contributed by atoms with E-state index in [-0.39, 0.29) is 23.7 Å². The highest BCUT2D eigenvalue weighted by molar-refractivity contribution is 5.95. The van der Waals surface area contributed by atoms with Crippen molar-refractivity contribution in [2.75, 3.05) is 31.2 Å². The predicted molar refractivity (Wildman–Crippen MR) is 146 cm³/mol. The van der Waals surface area contributed by atoms with Gasteiger partial charge in [0.05, 0.1) is 19.3 Å². The fourth-order valence-corrected chi connectivity index (χ4v) is 4.90. The summed E-state index contributed by atoms with van der Waals surface area (Å²) in [7, 11) is 0. The van der Waals surface area contributed by atoms with E-state index in [0.717, 1.165) is 30.5 Å². The molecule has 7 nitrogen and oxygen atoms in total. The molecule has 2 amide bonds. The van der Waals surface area contributed by atoms with Crippen LogP contribution in [0.4, 0.5) is 5.69 Å². The van der Waals surface area contributed by atoms with Gasteiger partial charge >= 0.3 is 0 Å². The zero-order chi connectivity index (χ0) is 26.7. The molecule has 1 aliphatic heterocycles. The van der Waals surface area contributed by atoms with Crippen molar-refractivity contribution in [3.63, 3.8) is 0 Å². The molecule has 0 fully saturated rings. The largest absolute Gasteiger partial charge is 0.391 e. The lowest BCUT2D eigenvalue weighted by Crippen LogP contribution is -2.45. The van der Waals surface area contributed by atoms with Gasteiger partial charge in [0, 0.05) is 43.1 Å². The van der Waals surface area contributed by atoms with Gasteiger partial charge in [0.25, 0.3) is 0 Å². The lowest BCUT2D eigenvalue weighted by molar-refractivity contribution is -0.125. The minimum atomic E-state index is -0.812. The Morgan fingerprint density at radius 1 is 1.36 bits per heavy atom. The molecule has 4 N–H and O–H groups in total. The third kappa shape index (κ3) is 9.34. The maximum absolute atomic E-state index is 13.5.